The summed E-state index contributed by atoms with van der Waals surface area (Å²) in [6.45, 7) is 12.7. The first-order chi connectivity index (χ1) is 18.0. The first kappa shape index (κ1) is 32.2. The molecule has 0 aliphatic heterocycles. The molecule has 0 amide bonds. The van der Waals surface area contributed by atoms with Gasteiger partial charge in [0.05, 0.1) is 46.3 Å². The SMILES string of the molecule is C=C(NOS(=O)(=O)c1ccc(C)cc1)SCCOCCOCCSC(=C)NOS(=O)(=O)c1ccc(C)cc1. The molecule has 0 bridgehead atoms. The van der Waals surface area contributed by atoms with Crippen molar-refractivity contribution in [2.45, 2.75) is 23.6 Å². The van der Waals surface area contributed by atoms with Gasteiger partial charge in [0.2, 0.25) is 0 Å². The van der Waals surface area contributed by atoms with Gasteiger partial charge >= 0.3 is 20.2 Å². The Labute approximate surface area is 233 Å². The van der Waals surface area contributed by atoms with Crippen LogP contribution in [0.3, 0.4) is 0 Å². The lowest BCUT2D eigenvalue weighted by Crippen LogP contribution is -2.19. The van der Waals surface area contributed by atoms with Crippen LogP contribution in [0.2, 0.25) is 0 Å². The molecule has 14 heteroatoms. The lowest BCUT2D eigenvalue weighted by molar-refractivity contribution is 0.0605. The number of benzene rings is 2. The third kappa shape index (κ3) is 12.2. The van der Waals surface area contributed by atoms with Crippen molar-refractivity contribution < 1.29 is 34.9 Å². The fraction of sp³-hybridized carbons (Fsp3) is 0.333. The highest BCUT2D eigenvalue weighted by Crippen LogP contribution is 2.16. The van der Waals surface area contributed by atoms with Gasteiger partial charge in [-0.3, -0.25) is 0 Å². The zero-order chi connectivity index (χ0) is 28.0. The van der Waals surface area contributed by atoms with Crippen molar-refractivity contribution >= 4 is 43.8 Å². The minimum Gasteiger partial charge on any atom is -0.378 e. The molecule has 0 aliphatic rings. The van der Waals surface area contributed by atoms with Crippen LogP contribution in [-0.4, -0.2) is 54.8 Å². The number of aryl methyl sites for hydroxylation is 2. The second-order valence-electron chi connectivity index (χ2n) is 7.67. The van der Waals surface area contributed by atoms with Gasteiger partial charge in [0.15, 0.2) is 0 Å². The van der Waals surface area contributed by atoms with E-state index in [9.17, 15) is 16.8 Å². The summed E-state index contributed by atoms with van der Waals surface area (Å²) in [7, 11) is -7.86. The normalized spacial score (nSPS) is 11.7. The molecule has 2 rings (SSSR count). The number of ether oxygens (including phenoxy) is 2. The molecule has 38 heavy (non-hydrogen) atoms. The van der Waals surface area contributed by atoms with Gasteiger partial charge in [0.25, 0.3) is 0 Å². The number of rotatable bonds is 19. The molecule has 2 aromatic rings. The predicted octanol–water partition coefficient (Wildman–Crippen LogP) is 3.87. The van der Waals surface area contributed by atoms with E-state index in [0.29, 0.717) is 48.0 Å². The van der Waals surface area contributed by atoms with Crippen LogP contribution in [-0.2, 0) is 38.3 Å². The molecular weight excluding hydrogens is 573 g/mol. The second kappa shape index (κ2) is 16.2. The molecule has 10 nitrogen and oxygen atoms in total. The number of nitrogens with one attached hydrogen (secondary N) is 2. The fourth-order valence-corrected chi connectivity index (χ4v) is 5.29. The van der Waals surface area contributed by atoms with Crippen molar-refractivity contribution in [3.05, 3.63) is 82.9 Å². The quantitative estimate of drug-likeness (QED) is 0.178. The minimum atomic E-state index is -3.93. The Morgan fingerprint density at radius 3 is 1.34 bits per heavy atom. The van der Waals surface area contributed by atoms with Crippen LogP contribution in [0.4, 0.5) is 0 Å². The summed E-state index contributed by atoms with van der Waals surface area (Å²) in [5.74, 6) is 1.07. The van der Waals surface area contributed by atoms with Gasteiger partial charge in [0, 0.05) is 11.5 Å². The topological polar surface area (TPSA) is 129 Å². The van der Waals surface area contributed by atoms with Crippen molar-refractivity contribution in [2.75, 3.05) is 37.9 Å². The van der Waals surface area contributed by atoms with Crippen LogP contribution in [0.1, 0.15) is 11.1 Å². The Morgan fingerprint density at radius 2 is 1.00 bits per heavy atom. The van der Waals surface area contributed by atoms with E-state index >= 15 is 0 Å². The van der Waals surface area contributed by atoms with Gasteiger partial charge in [-0.25, -0.2) is 11.0 Å². The van der Waals surface area contributed by atoms with Crippen LogP contribution in [0.5, 0.6) is 0 Å². The average Bonchev–Trinajstić information content (AvgIpc) is 2.88. The Bertz CT molecular complexity index is 1150. The molecule has 0 heterocycles. The largest absolute Gasteiger partial charge is 0.378 e. The van der Waals surface area contributed by atoms with Crippen LogP contribution in [0, 0.1) is 13.8 Å². The molecule has 0 radical (unpaired) electrons. The van der Waals surface area contributed by atoms with Gasteiger partial charge in [-0.05, 0) is 38.1 Å². The molecule has 0 aliphatic carbocycles. The third-order valence-electron chi connectivity index (χ3n) is 4.53. The molecule has 0 atom stereocenters. The molecule has 0 aromatic heterocycles. The molecule has 210 valence electrons. The number of hydrogen-bond acceptors (Lipinski definition) is 12. The van der Waals surface area contributed by atoms with Gasteiger partial charge in [0.1, 0.15) is 0 Å². The van der Waals surface area contributed by atoms with E-state index in [1.807, 2.05) is 13.8 Å². The molecule has 0 unspecified atom stereocenters. The molecule has 0 fully saturated rings. The van der Waals surface area contributed by atoms with Crippen molar-refractivity contribution in [1.29, 1.82) is 0 Å². The second-order valence-corrected chi connectivity index (χ2v) is 13.1. The van der Waals surface area contributed by atoms with Crippen molar-refractivity contribution in [2.24, 2.45) is 0 Å². The Morgan fingerprint density at radius 1 is 0.658 bits per heavy atom. The van der Waals surface area contributed by atoms with Gasteiger partial charge < -0.3 is 9.47 Å². The zero-order valence-corrected chi connectivity index (χ0v) is 24.4. The molecule has 0 spiro atoms. The Balaban J connectivity index is 1.46. The highest BCUT2D eigenvalue weighted by atomic mass is 32.2. The van der Waals surface area contributed by atoms with Crippen molar-refractivity contribution in [3.8, 4) is 0 Å². The average molecular weight is 605 g/mol. The number of hydroxylamine groups is 2. The lowest BCUT2D eigenvalue weighted by atomic mass is 10.2. The number of hydrogen-bond donors (Lipinski definition) is 2. The Kier molecular flexibility index (Phi) is 13.7. The minimum absolute atomic E-state index is 0.0510. The summed E-state index contributed by atoms with van der Waals surface area (Å²) in [6.07, 6.45) is 0. The van der Waals surface area contributed by atoms with E-state index in [0.717, 1.165) is 11.1 Å². The van der Waals surface area contributed by atoms with E-state index in [-0.39, 0.29) is 9.79 Å². The maximum atomic E-state index is 12.1. The standard InChI is InChI=1S/C24H32N2O8S4/c1-19-5-9-23(10-6-19)37(27,28)33-25-21(3)35-17-15-31-13-14-32-16-18-36-22(4)26-34-38(29,30)24-11-7-20(2)8-12-24/h5-12,25-26H,3-4,13-18H2,1-2H3. The van der Waals surface area contributed by atoms with E-state index in [4.69, 9.17) is 18.0 Å². The predicted molar refractivity (Wildman–Crippen MR) is 150 cm³/mol. The van der Waals surface area contributed by atoms with Gasteiger partial charge in [-0.1, -0.05) is 48.6 Å². The van der Waals surface area contributed by atoms with Gasteiger partial charge in [-0.2, -0.15) is 16.8 Å². The smallest absolute Gasteiger partial charge is 0.317 e. The maximum absolute atomic E-state index is 12.1. The first-order valence-corrected chi connectivity index (χ1v) is 16.1. The van der Waals surface area contributed by atoms with E-state index < -0.39 is 20.2 Å². The van der Waals surface area contributed by atoms with E-state index in [1.54, 1.807) is 24.3 Å². The monoisotopic (exact) mass is 604 g/mol. The summed E-state index contributed by atoms with van der Waals surface area (Å²) in [4.78, 5) is 0.102. The first-order valence-electron chi connectivity index (χ1n) is 11.3. The van der Waals surface area contributed by atoms with Crippen LogP contribution < -0.4 is 11.0 Å². The summed E-state index contributed by atoms with van der Waals surface area (Å²) < 4.78 is 69.1. The highest BCUT2D eigenvalue weighted by Gasteiger charge is 2.16. The highest BCUT2D eigenvalue weighted by molar-refractivity contribution is 8.03. The fourth-order valence-electron chi connectivity index (χ4n) is 2.54. The summed E-state index contributed by atoms with van der Waals surface area (Å²) in [6, 6.07) is 12.6. The lowest BCUT2D eigenvalue weighted by Gasteiger charge is -2.10. The van der Waals surface area contributed by atoms with Crippen molar-refractivity contribution in [3.63, 3.8) is 0 Å². The maximum Gasteiger partial charge on any atom is 0.317 e. The van der Waals surface area contributed by atoms with Gasteiger partial charge in [-0.15, -0.1) is 32.1 Å². The van der Waals surface area contributed by atoms with E-state index in [2.05, 4.69) is 24.1 Å². The Hall–Kier alpha value is -2.04. The number of thioether (sulfide) groups is 2. The molecule has 2 N–H and O–H groups in total. The molecular formula is C24H32N2O8S4. The summed E-state index contributed by atoms with van der Waals surface area (Å²) in [5, 5.41) is 0.670. The molecule has 2 aromatic carbocycles. The van der Waals surface area contributed by atoms with Crippen LogP contribution >= 0.6 is 23.5 Å². The molecule has 0 saturated carbocycles. The molecule has 0 saturated heterocycles. The van der Waals surface area contributed by atoms with Crippen molar-refractivity contribution in [1.82, 2.24) is 11.0 Å². The zero-order valence-electron chi connectivity index (χ0n) is 21.2. The third-order valence-corrected chi connectivity index (χ3v) is 8.44. The van der Waals surface area contributed by atoms with Crippen LogP contribution in [0.25, 0.3) is 0 Å². The van der Waals surface area contributed by atoms with Crippen LogP contribution in [0.15, 0.2) is 81.5 Å². The summed E-state index contributed by atoms with van der Waals surface area (Å²) in [5.41, 5.74) is 6.57. The summed E-state index contributed by atoms with van der Waals surface area (Å²) >= 11 is 2.52. The van der Waals surface area contributed by atoms with E-state index in [1.165, 1.54) is 47.8 Å².